The third-order valence-electron chi connectivity index (χ3n) is 8.61. The van der Waals surface area contributed by atoms with Crippen molar-refractivity contribution >= 4 is 19.9 Å². The molecule has 1 rings (SSSR count). The van der Waals surface area contributed by atoms with Crippen LogP contribution >= 0.6 is 0 Å². The van der Waals surface area contributed by atoms with Gasteiger partial charge in [0.1, 0.15) is 0 Å². The molecule has 0 N–H and O–H groups in total. The topological polar surface area (TPSA) is 17.1 Å². The molecule has 204 valence electrons. The van der Waals surface area contributed by atoms with E-state index >= 15 is 0 Å². The Hall–Kier alpha value is -0.850. The average Bonchev–Trinajstić information content (AvgIpc) is 2.86. The van der Waals surface area contributed by atoms with Crippen LogP contribution in [0.15, 0.2) is 18.0 Å². The first-order valence-electron chi connectivity index (χ1n) is 15.9. The number of hydrogen-bond donors (Lipinski definition) is 0. The molecule has 1 heterocycles. The molecule has 0 spiro atoms. The minimum atomic E-state index is 0.166. The van der Waals surface area contributed by atoms with E-state index in [4.69, 9.17) is 0 Å². The van der Waals surface area contributed by atoms with Crippen LogP contribution in [0, 0.1) is 0 Å². The van der Waals surface area contributed by atoms with Gasteiger partial charge in [0.05, 0.1) is 0 Å². The zero-order valence-corrected chi connectivity index (χ0v) is 25.4. The van der Waals surface area contributed by atoms with Gasteiger partial charge in [-0.05, 0) is 0 Å². The van der Waals surface area contributed by atoms with Gasteiger partial charge in [0, 0.05) is 0 Å². The number of hydrogen-bond acceptors (Lipinski definition) is 1. The molecule has 1 aromatic rings. The molecule has 1 aromatic heterocycles. The molecule has 1 atom stereocenters. The standard InChI is InChI=1S/C33H60B2O/c1-7-11-15-18-23-32(5,22-14-10-4)30-28-34-26-21-29(30)27-31(36)35-33(6,24-19-16-12-8-2)25-20-17-13-9-3/h21,26,28,35H,7-20,22-25,27H2,1-6H3. The first-order valence-corrected chi connectivity index (χ1v) is 15.9. The van der Waals surface area contributed by atoms with E-state index < -0.39 is 0 Å². The Labute approximate surface area is 227 Å². The van der Waals surface area contributed by atoms with Gasteiger partial charge >= 0.3 is 214 Å². The summed E-state index contributed by atoms with van der Waals surface area (Å²) in [5.41, 5.74) is 3.40. The van der Waals surface area contributed by atoms with Gasteiger partial charge < -0.3 is 0 Å². The van der Waals surface area contributed by atoms with Gasteiger partial charge in [0.15, 0.2) is 0 Å². The van der Waals surface area contributed by atoms with Crippen molar-refractivity contribution < 1.29 is 4.79 Å². The van der Waals surface area contributed by atoms with Crippen LogP contribution in [0.4, 0.5) is 0 Å². The van der Waals surface area contributed by atoms with Crippen molar-refractivity contribution in [2.45, 2.75) is 174 Å². The molecule has 0 saturated carbocycles. The summed E-state index contributed by atoms with van der Waals surface area (Å²) in [6, 6.07) is 2.25. The van der Waals surface area contributed by atoms with E-state index in [1.54, 1.807) is 0 Å². The summed E-state index contributed by atoms with van der Waals surface area (Å²) in [6.07, 6.45) is 23.6. The maximum atomic E-state index is 13.6. The van der Waals surface area contributed by atoms with E-state index in [1.807, 2.05) is 0 Å². The van der Waals surface area contributed by atoms with Crippen LogP contribution in [0.3, 0.4) is 0 Å². The Morgan fingerprint density at radius 2 is 1.22 bits per heavy atom. The molecule has 3 heteroatoms. The number of carbonyl (C=O) groups is 1. The van der Waals surface area contributed by atoms with Crippen LogP contribution in [0.25, 0.3) is 0 Å². The second-order valence-electron chi connectivity index (χ2n) is 12.5. The van der Waals surface area contributed by atoms with Gasteiger partial charge in [0.2, 0.25) is 0 Å². The van der Waals surface area contributed by atoms with E-state index in [1.165, 1.54) is 127 Å². The Bertz CT molecular complexity index is 689. The van der Waals surface area contributed by atoms with E-state index in [9.17, 15) is 4.79 Å². The molecule has 0 aliphatic carbocycles. The monoisotopic (exact) mass is 494 g/mol. The number of rotatable bonds is 23. The van der Waals surface area contributed by atoms with Gasteiger partial charge in [-0.25, -0.2) is 0 Å². The number of unbranched alkanes of at least 4 members (excludes halogenated alkanes) is 10. The second kappa shape index (κ2) is 19.3. The van der Waals surface area contributed by atoms with E-state index in [2.05, 4.69) is 66.4 Å². The molecule has 0 aliphatic heterocycles. The first kappa shape index (κ1) is 33.2. The molecule has 1 nitrogen and oxygen atoms in total. The quantitative estimate of drug-likeness (QED) is 0.109. The fraction of sp³-hybridized carbons (Fsp3) is 0.818. The summed E-state index contributed by atoms with van der Waals surface area (Å²) in [5.74, 6) is 4.49. The fourth-order valence-corrected chi connectivity index (χ4v) is 6.18. The smallest absolute Gasteiger partial charge is 0.0654 e. The van der Waals surface area contributed by atoms with E-state index in [0.29, 0.717) is 12.1 Å². The molecular weight excluding hydrogens is 434 g/mol. The van der Waals surface area contributed by atoms with E-state index in [0.717, 1.165) is 7.28 Å². The summed E-state index contributed by atoms with van der Waals surface area (Å²) < 4.78 is 0. The fourth-order valence-electron chi connectivity index (χ4n) is 6.18. The predicted octanol–water partition coefficient (Wildman–Crippen LogP) is 10.1. The second-order valence-corrected chi connectivity index (χ2v) is 12.5. The predicted molar refractivity (Wildman–Crippen MR) is 165 cm³/mol. The van der Waals surface area contributed by atoms with Crippen molar-refractivity contribution in [3.63, 3.8) is 0 Å². The van der Waals surface area contributed by atoms with Crippen LogP contribution in [-0.4, -0.2) is 19.9 Å². The number of carbonyl (C=O) groups excluding carboxylic acids is 1. The van der Waals surface area contributed by atoms with Gasteiger partial charge in [-0.3, -0.25) is 0 Å². The van der Waals surface area contributed by atoms with Crippen LogP contribution in [0.5, 0.6) is 0 Å². The molecule has 0 aliphatic rings. The van der Waals surface area contributed by atoms with Crippen molar-refractivity contribution in [1.29, 1.82) is 0 Å². The molecule has 0 amide bonds. The van der Waals surface area contributed by atoms with Gasteiger partial charge in [-0.15, -0.1) is 0 Å². The molecule has 0 bridgehead atoms. The Balaban J connectivity index is 2.98. The summed E-state index contributed by atoms with van der Waals surface area (Å²) in [6.45, 7) is 16.2. The van der Waals surface area contributed by atoms with Gasteiger partial charge in [-0.2, -0.15) is 0 Å². The van der Waals surface area contributed by atoms with Crippen molar-refractivity contribution in [3.8, 4) is 0 Å². The Morgan fingerprint density at radius 3 is 1.75 bits per heavy atom. The normalized spacial score (nSPS) is 13.4. The third kappa shape index (κ3) is 13.1. The third-order valence-corrected chi connectivity index (χ3v) is 8.61. The zero-order chi connectivity index (χ0) is 26.7. The Morgan fingerprint density at radius 1 is 0.722 bits per heavy atom. The summed E-state index contributed by atoms with van der Waals surface area (Å²) in [7, 11) is 0.752. The van der Waals surface area contributed by atoms with Crippen LogP contribution in [0.1, 0.15) is 168 Å². The van der Waals surface area contributed by atoms with Gasteiger partial charge in [0.25, 0.3) is 0 Å². The van der Waals surface area contributed by atoms with Crippen LogP contribution in [0.2, 0.25) is 5.31 Å². The zero-order valence-electron chi connectivity index (χ0n) is 25.4. The SMILES string of the molecule is CCCCCCC(C)(BC(=O)Cc1ccbcc1C(C)(CCCC)CCCCCC)CCCCCC. The molecule has 0 radical (unpaired) electrons. The van der Waals surface area contributed by atoms with Crippen molar-refractivity contribution in [1.82, 2.24) is 0 Å². The van der Waals surface area contributed by atoms with Crippen molar-refractivity contribution in [3.05, 3.63) is 29.1 Å². The minimum absolute atomic E-state index is 0.166. The Kier molecular flexibility index (Phi) is 17.7. The first-order chi connectivity index (χ1) is 17.3. The molecule has 36 heavy (non-hydrogen) atoms. The minimum Gasteiger partial charge on any atom is -0.0654 e. The molecule has 1 unspecified atom stereocenters. The average molecular weight is 494 g/mol. The molecule has 0 saturated heterocycles. The summed E-state index contributed by atoms with van der Waals surface area (Å²) in [4.78, 5) is 13.6. The van der Waals surface area contributed by atoms with Crippen molar-refractivity contribution in [2.75, 3.05) is 0 Å². The summed E-state index contributed by atoms with van der Waals surface area (Å²) >= 11 is 0. The van der Waals surface area contributed by atoms with Crippen LogP contribution in [-0.2, 0) is 16.6 Å². The molecular formula is C33H60B2O. The van der Waals surface area contributed by atoms with Crippen LogP contribution < -0.4 is 0 Å². The molecule has 0 fully saturated rings. The molecule has 0 aromatic carbocycles. The van der Waals surface area contributed by atoms with Gasteiger partial charge in [-0.1, -0.05) is 13.8 Å². The maximum absolute atomic E-state index is 13.6. The summed E-state index contributed by atoms with van der Waals surface area (Å²) in [5, 5.41) is 0.166. The van der Waals surface area contributed by atoms with Crippen molar-refractivity contribution in [2.24, 2.45) is 0 Å². The van der Waals surface area contributed by atoms with E-state index in [-0.39, 0.29) is 10.7 Å².